The van der Waals surface area contributed by atoms with Crippen molar-refractivity contribution in [3.05, 3.63) is 33.1 Å². The van der Waals surface area contributed by atoms with Crippen LogP contribution in [0.3, 0.4) is 0 Å². The van der Waals surface area contributed by atoms with Crippen molar-refractivity contribution < 1.29 is 19.6 Å². The van der Waals surface area contributed by atoms with Gasteiger partial charge in [-0.1, -0.05) is 11.6 Å². The predicted octanol–water partition coefficient (Wildman–Crippen LogP) is 1.58. The molecule has 2 rings (SSSR count). The van der Waals surface area contributed by atoms with E-state index in [1.165, 1.54) is 17.2 Å². The molecule has 0 saturated carbocycles. The van der Waals surface area contributed by atoms with E-state index in [1.807, 2.05) is 0 Å². The van der Waals surface area contributed by atoms with E-state index in [4.69, 9.17) is 16.7 Å². The first kappa shape index (κ1) is 15.2. The Balaban J connectivity index is 2.30. The lowest BCUT2D eigenvalue weighted by Gasteiger charge is -2.30. The van der Waals surface area contributed by atoms with Gasteiger partial charge in [0.25, 0.3) is 5.91 Å². The molecule has 0 aliphatic carbocycles. The molecule has 1 aromatic rings. The molecule has 0 unspecified atom stereocenters. The molecule has 1 aliphatic rings. The number of piperidine rings is 1. The number of pyridine rings is 1. The van der Waals surface area contributed by atoms with Crippen LogP contribution in [0, 0.1) is 16.0 Å². The van der Waals surface area contributed by atoms with Crippen LogP contribution in [0.15, 0.2) is 12.3 Å². The van der Waals surface area contributed by atoms with Crippen LogP contribution in [-0.2, 0) is 4.79 Å². The number of rotatable bonds is 3. The zero-order valence-electron chi connectivity index (χ0n) is 10.9. The number of halogens is 1. The Labute approximate surface area is 124 Å². The van der Waals surface area contributed by atoms with Crippen molar-refractivity contribution in [2.75, 3.05) is 13.1 Å². The highest BCUT2D eigenvalue weighted by atomic mass is 35.5. The highest BCUT2D eigenvalue weighted by Crippen LogP contribution is 2.28. The van der Waals surface area contributed by atoms with Crippen molar-refractivity contribution in [3.63, 3.8) is 0 Å². The average Bonchev–Trinajstić information content (AvgIpc) is 2.45. The van der Waals surface area contributed by atoms with E-state index in [1.54, 1.807) is 0 Å². The molecule has 2 heterocycles. The quantitative estimate of drug-likeness (QED) is 0.515. The van der Waals surface area contributed by atoms with Gasteiger partial charge in [-0.3, -0.25) is 19.7 Å². The third-order valence-corrected chi connectivity index (χ3v) is 3.63. The number of carboxylic acids is 1. The van der Waals surface area contributed by atoms with Crippen molar-refractivity contribution in [2.24, 2.45) is 5.92 Å². The lowest BCUT2D eigenvalue weighted by atomic mass is 9.97. The molecule has 1 aliphatic heterocycles. The molecule has 0 bridgehead atoms. The number of likely N-dealkylation sites (tertiary alicyclic amines) is 1. The fourth-order valence-corrected chi connectivity index (χ4v) is 2.54. The highest BCUT2D eigenvalue weighted by molar-refractivity contribution is 6.32. The Morgan fingerprint density at radius 1 is 1.52 bits per heavy atom. The molecule has 8 nitrogen and oxygen atoms in total. The maximum absolute atomic E-state index is 12.4. The third kappa shape index (κ3) is 3.10. The number of aromatic nitrogens is 1. The summed E-state index contributed by atoms with van der Waals surface area (Å²) in [5.41, 5.74) is -0.729. The summed E-state index contributed by atoms with van der Waals surface area (Å²) in [6.45, 7) is 0.394. The third-order valence-electron chi connectivity index (χ3n) is 3.35. The molecule has 1 N–H and O–H groups in total. The number of carbonyl (C=O) groups is 2. The summed E-state index contributed by atoms with van der Waals surface area (Å²) in [7, 11) is 0. The molecule has 0 radical (unpaired) electrons. The van der Waals surface area contributed by atoms with Gasteiger partial charge in [-0.05, 0) is 18.9 Å². The minimum absolute atomic E-state index is 0.0330. The summed E-state index contributed by atoms with van der Waals surface area (Å²) in [6, 6.07) is 1.22. The summed E-state index contributed by atoms with van der Waals surface area (Å²) in [5.74, 6) is -2.23. The van der Waals surface area contributed by atoms with Crippen LogP contribution in [0.5, 0.6) is 0 Å². The van der Waals surface area contributed by atoms with Gasteiger partial charge in [0.15, 0.2) is 0 Å². The van der Waals surface area contributed by atoms with E-state index < -0.39 is 28.4 Å². The van der Waals surface area contributed by atoms with Crippen LogP contribution in [0.1, 0.15) is 23.2 Å². The van der Waals surface area contributed by atoms with Gasteiger partial charge in [-0.2, -0.15) is 0 Å². The molecule has 1 aromatic heterocycles. The SMILES string of the molecule is O=C(O)[C@@H]1CCCN(C(=O)c2ccnc(Cl)c2[N+](=O)[O-])C1. The van der Waals surface area contributed by atoms with Gasteiger partial charge in [0, 0.05) is 19.3 Å². The molecule has 1 amide bonds. The minimum Gasteiger partial charge on any atom is -0.481 e. The standard InChI is InChI=1S/C12H12ClN3O5/c13-10-9(16(20)21)8(3-4-14-10)11(17)15-5-1-2-7(6-15)12(18)19/h3-4,7H,1-2,5-6H2,(H,18,19)/t7-/m1/s1. The maximum Gasteiger partial charge on any atom is 0.319 e. The van der Waals surface area contributed by atoms with Gasteiger partial charge in [0.05, 0.1) is 10.8 Å². The van der Waals surface area contributed by atoms with E-state index in [0.717, 1.165) is 0 Å². The average molecular weight is 314 g/mol. The number of nitrogens with zero attached hydrogens (tertiary/aromatic N) is 3. The Kier molecular flexibility index (Phi) is 4.37. The number of aliphatic carboxylic acids is 1. The fraction of sp³-hybridized carbons (Fsp3) is 0.417. The van der Waals surface area contributed by atoms with Crippen LogP contribution >= 0.6 is 11.6 Å². The Bertz CT molecular complexity index is 607. The highest BCUT2D eigenvalue weighted by Gasteiger charge is 2.32. The summed E-state index contributed by atoms with van der Waals surface area (Å²) < 4.78 is 0. The lowest BCUT2D eigenvalue weighted by molar-refractivity contribution is -0.385. The summed E-state index contributed by atoms with van der Waals surface area (Å²) in [5, 5.41) is 19.7. The lowest BCUT2D eigenvalue weighted by Crippen LogP contribution is -2.42. The van der Waals surface area contributed by atoms with Crippen molar-refractivity contribution in [3.8, 4) is 0 Å². The molecule has 1 saturated heterocycles. The summed E-state index contributed by atoms with van der Waals surface area (Å²) >= 11 is 5.67. The summed E-state index contributed by atoms with van der Waals surface area (Å²) in [4.78, 5) is 38.6. The van der Waals surface area contributed by atoms with E-state index in [9.17, 15) is 19.7 Å². The van der Waals surface area contributed by atoms with Crippen molar-refractivity contribution in [1.29, 1.82) is 0 Å². The predicted molar refractivity (Wildman–Crippen MR) is 72.2 cm³/mol. The van der Waals surface area contributed by atoms with E-state index in [2.05, 4.69) is 4.98 Å². The van der Waals surface area contributed by atoms with E-state index in [0.29, 0.717) is 19.4 Å². The zero-order chi connectivity index (χ0) is 15.6. The maximum atomic E-state index is 12.4. The minimum atomic E-state index is -0.977. The smallest absolute Gasteiger partial charge is 0.319 e. The number of hydrogen-bond donors (Lipinski definition) is 1. The van der Waals surface area contributed by atoms with Crippen molar-refractivity contribution in [1.82, 2.24) is 9.88 Å². The van der Waals surface area contributed by atoms with Crippen LogP contribution in [0.25, 0.3) is 0 Å². The second-order valence-corrected chi connectivity index (χ2v) is 5.04. The first-order valence-electron chi connectivity index (χ1n) is 6.22. The van der Waals surface area contributed by atoms with Crippen LogP contribution < -0.4 is 0 Å². The fourth-order valence-electron chi connectivity index (χ4n) is 2.31. The first-order chi connectivity index (χ1) is 9.91. The number of nitro groups is 1. The van der Waals surface area contributed by atoms with E-state index >= 15 is 0 Å². The second kappa shape index (κ2) is 6.04. The molecule has 9 heteroatoms. The number of carboxylic acid groups (broad SMARTS) is 1. The molecule has 0 spiro atoms. The van der Waals surface area contributed by atoms with Crippen LogP contribution in [0.4, 0.5) is 5.69 Å². The van der Waals surface area contributed by atoms with Gasteiger partial charge in [0.2, 0.25) is 5.15 Å². The molecule has 0 aromatic carbocycles. The van der Waals surface area contributed by atoms with Gasteiger partial charge < -0.3 is 10.0 Å². The Hall–Kier alpha value is -2.22. The molecule has 112 valence electrons. The normalized spacial score (nSPS) is 18.3. The number of carbonyl (C=O) groups excluding carboxylic acids is 1. The zero-order valence-corrected chi connectivity index (χ0v) is 11.6. The van der Waals surface area contributed by atoms with E-state index in [-0.39, 0.29) is 17.3 Å². The monoisotopic (exact) mass is 313 g/mol. The number of amides is 1. The Morgan fingerprint density at radius 2 is 2.24 bits per heavy atom. The molecule has 21 heavy (non-hydrogen) atoms. The molecular weight excluding hydrogens is 302 g/mol. The Morgan fingerprint density at radius 3 is 2.86 bits per heavy atom. The molecule has 1 fully saturated rings. The van der Waals surface area contributed by atoms with Gasteiger partial charge >= 0.3 is 11.7 Å². The van der Waals surface area contributed by atoms with Crippen molar-refractivity contribution >= 4 is 29.2 Å². The second-order valence-electron chi connectivity index (χ2n) is 4.68. The topological polar surface area (TPSA) is 114 Å². The summed E-state index contributed by atoms with van der Waals surface area (Å²) in [6.07, 6.45) is 2.23. The largest absolute Gasteiger partial charge is 0.481 e. The van der Waals surface area contributed by atoms with Gasteiger partial charge in [-0.25, -0.2) is 4.98 Å². The van der Waals surface area contributed by atoms with Gasteiger partial charge in [0.1, 0.15) is 5.56 Å². The molecular formula is C12H12ClN3O5. The van der Waals surface area contributed by atoms with Crippen LogP contribution in [0.2, 0.25) is 5.15 Å². The molecule has 1 atom stereocenters. The number of hydrogen-bond acceptors (Lipinski definition) is 5. The van der Waals surface area contributed by atoms with Crippen LogP contribution in [-0.4, -0.2) is 44.9 Å². The van der Waals surface area contributed by atoms with Gasteiger partial charge in [-0.15, -0.1) is 0 Å². The first-order valence-corrected chi connectivity index (χ1v) is 6.60. The van der Waals surface area contributed by atoms with Crippen molar-refractivity contribution in [2.45, 2.75) is 12.8 Å².